The zero-order valence-electron chi connectivity index (χ0n) is 17.3. The lowest BCUT2D eigenvalue weighted by Crippen LogP contribution is -2.31. The first-order valence-corrected chi connectivity index (χ1v) is 10.1. The van der Waals surface area contributed by atoms with Gasteiger partial charge in [0.05, 0.1) is 28.8 Å². The first-order valence-electron chi connectivity index (χ1n) is 10.1. The zero-order valence-corrected chi connectivity index (χ0v) is 17.3. The molecule has 4 aromatic heterocycles. The number of rotatable bonds is 7. The maximum atomic E-state index is 4.74. The van der Waals surface area contributed by atoms with Gasteiger partial charge in [-0.15, -0.1) is 0 Å². The van der Waals surface area contributed by atoms with E-state index in [4.69, 9.17) is 9.97 Å². The van der Waals surface area contributed by atoms with Crippen molar-refractivity contribution in [2.75, 3.05) is 0 Å². The average Bonchev–Trinajstić information content (AvgIpc) is 2.75. The van der Waals surface area contributed by atoms with Crippen LogP contribution in [-0.4, -0.2) is 24.8 Å². The maximum Gasteiger partial charge on any atom is 0.0956 e. The quantitative estimate of drug-likeness (QED) is 0.455. The molecule has 0 amide bonds. The fraction of sp³-hybridized carbons (Fsp3) is 0.200. The van der Waals surface area contributed by atoms with Gasteiger partial charge in [-0.3, -0.25) is 24.8 Å². The van der Waals surface area contributed by atoms with E-state index >= 15 is 0 Å². The van der Waals surface area contributed by atoms with Crippen molar-refractivity contribution in [3.8, 4) is 0 Å². The molecule has 0 aliphatic heterocycles. The number of hydrogen-bond acceptors (Lipinski definition) is 5. The molecule has 30 heavy (non-hydrogen) atoms. The van der Waals surface area contributed by atoms with Crippen LogP contribution in [0.15, 0.2) is 85.2 Å². The molecule has 5 nitrogen and oxygen atoms in total. The van der Waals surface area contributed by atoms with Crippen molar-refractivity contribution < 1.29 is 0 Å². The second kappa shape index (κ2) is 9.37. The Labute approximate surface area is 177 Å². The molecule has 0 aliphatic carbocycles. The van der Waals surface area contributed by atoms with Crippen molar-refractivity contribution in [1.82, 2.24) is 24.8 Å². The normalized spacial score (nSPS) is 11.2. The first-order chi connectivity index (χ1) is 14.7. The highest BCUT2D eigenvalue weighted by atomic mass is 15.2. The van der Waals surface area contributed by atoms with Gasteiger partial charge in [0.2, 0.25) is 0 Å². The van der Waals surface area contributed by atoms with Crippen molar-refractivity contribution in [3.05, 3.63) is 119 Å². The number of aromatic nitrogens is 4. The molecule has 0 unspecified atom stereocenters. The fourth-order valence-electron chi connectivity index (χ4n) is 3.63. The maximum absolute atomic E-state index is 4.74. The van der Waals surface area contributed by atoms with Crippen molar-refractivity contribution in [2.45, 2.75) is 33.0 Å². The van der Waals surface area contributed by atoms with E-state index in [0.717, 1.165) is 34.2 Å². The van der Waals surface area contributed by atoms with Crippen molar-refractivity contribution in [1.29, 1.82) is 0 Å². The van der Waals surface area contributed by atoms with E-state index in [1.54, 1.807) is 0 Å². The smallest absolute Gasteiger partial charge is 0.0956 e. The largest absolute Gasteiger partial charge is 0.278 e. The van der Waals surface area contributed by atoms with Gasteiger partial charge in [-0.2, -0.15) is 0 Å². The lowest BCUT2D eigenvalue weighted by Gasteiger charge is -2.30. The van der Waals surface area contributed by atoms with E-state index in [0.29, 0.717) is 13.1 Å². The third-order valence-corrected chi connectivity index (χ3v) is 4.92. The lowest BCUT2D eigenvalue weighted by molar-refractivity contribution is 0.195. The van der Waals surface area contributed by atoms with Crippen LogP contribution in [-0.2, 0) is 13.1 Å². The molecule has 0 aliphatic rings. The Bertz CT molecular complexity index is 996. The van der Waals surface area contributed by atoms with E-state index in [2.05, 4.69) is 51.3 Å². The van der Waals surface area contributed by atoms with Crippen LogP contribution in [0.25, 0.3) is 0 Å². The van der Waals surface area contributed by atoms with Crippen LogP contribution in [0.1, 0.15) is 40.2 Å². The van der Waals surface area contributed by atoms with Crippen LogP contribution >= 0.6 is 0 Å². The van der Waals surface area contributed by atoms with Gasteiger partial charge < -0.3 is 0 Å². The highest BCUT2D eigenvalue weighted by Gasteiger charge is 2.26. The van der Waals surface area contributed by atoms with E-state index in [1.807, 2.05) is 62.6 Å². The Morgan fingerprint density at radius 1 is 0.633 bits per heavy atom. The van der Waals surface area contributed by atoms with Crippen molar-refractivity contribution in [3.63, 3.8) is 0 Å². The van der Waals surface area contributed by atoms with Gasteiger partial charge in [0.15, 0.2) is 0 Å². The van der Waals surface area contributed by atoms with E-state index in [9.17, 15) is 0 Å². The molecule has 4 rings (SSSR count). The molecular weight excluding hydrogens is 370 g/mol. The summed E-state index contributed by atoms with van der Waals surface area (Å²) < 4.78 is 0. The molecule has 4 aromatic rings. The van der Waals surface area contributed by atoms with Crippen LogP contribution in [0.2, 0.25) is 0 Å². The SMILES string of the molecule is Cc1cccc(CN(Cc2cccc(C)n2)C(c2ccccn2)c2ccccn2)n1. The highest BCUT2D eigenvalue weighted by molar-refractivity contribution is 5.23. The summed E-state index contributed by atoms with van der Waals surface area (Å²) in [5.74, 6) is 0. The molecular formula is C25H25N5. The molecule has 0 saturated heterocycles. The zero-order chi connectivity index (χ0) is 20.8. The van der Waals surface area contributed by atoms with Crippen LogP contribution in [0.3, 0.4) is 0 Å². The Morgan fingerprint density at radius 3 is 1.53 bits per heavy atom. The Balaban J connectivity index is 1.77. The van der Waals surface area contributed by atoms with Gasteiger partial charge in [-0.05, 0) is 62.4 Å². The molecule has 0 fully saturated rings. The Morgan fingerprint density at radius 2 is 1.13 bits per heavy atom. The summed E-state index contributed by atoms with van der Waals surface area (Å²) in [6.45, 7) is 5.36. The summed E-state index contributed by atoms with van der Waals surface area (Å²) in [6, 6.07) is 24.2. The van der Waals surface area contributed by atoms with Crippen LogP contribution in [0, 0.1) is 13.8 Å². The summed E-state index contributed by atoms with van der Waals surface area (Å²) in [5, 5.41) is 0. The Kier molecular flexibility index (Phi) is 6.20. The van der Waals surface area contributed by atoms with Gasteiger partial charge >= 0.3 is 0 Å². The summed E-state index contributed by atoms with van der Waals surface area (Å²) >= 11 is 0. The third kappa shape index (κ3) is 4.93. The van der Waals surface area contributed by atoms with Gasteiger partial charge in [-0.1, -0.05) is 24.3 Å². The molecule has 0 aromatic carbocycles. The molecule has 0 bridgehead atoms. The summed E-state index contributed by atoms with van der Waals surface area (Å²) in [7, 11) is 0. The minimum absolute atomic E-state index is 0.114. The molecule has 0 atom stereocenters. The summed E-state index contributed by atoms with van der Waals surface area (Å²) in [5.41, 5.74) is 5.95. The second-order valence-electron chi connectivity index (χ2n) is 7.36. The lowest BCUT2D eigenvalue weighted by atomic mass is 10.1. The number of hydrogen-bond donors (Lipinski definition) is 0. The Hall–Kier alpha value is -3.44. The van der Waals surface area contributed by atoms with E-state index in [1.165, 1.54) is 0 Å². The van der Waals surface area contributed by atoms with Gasteiger partial charge in [0.25, 0.3) is 0 Å². The first kappa shape index (κ1) is 19.9. The molecule has 0 N–H and O–H groups in total. The average molecular weight is 396 g/mol. The van der Waals surface area contributed by atoms with Crippen LogP contribution in [0.5, 0.6) is 0 Å². The van der Waals surface area contributed by atoms with Crippen LogP contribution < -0.4 is 0 Å². The topological polar surface area (TPSA) is 54.8 Å². The fourth-order valence-corrected chi connectivity index (χ4v) is 3.63. The van der Waals surface area contributed by atoms with Gasteiger partial charge in [0.1, 0.15) is 0 Å². The summed E-state index contributed by atoms with van der Waals surface area (Å²) in [6.07, 6.45) is 3.67. The third-order valence-electron chi connectivity index (χ3n) is 4.92. The molecule has 4 heterocycles. The standard InChI is InChI=1S/C25H25N5/c1-19-9-7-11-21(28-19)17-30(18-22-12-8-10-20(2)29-22)25(23-13-3-5-15-26-23)24-14-4-6-16-27-24/h3-16,25H,17-18H2,1-2H3. The minimum Gasteiger partial charge on any atom is -0.278 e. The second-order valence-corrected chi connectivity index (χ2v) is 7.36. The predicted molar refractivity (Wildman–Crippen MR) is 118 cm³/mol. The molecule has 0 saturated carbocycles. The molecule has 150 valence electrons. The van der Waals surface area contributed by atoms with Crippen molar-refractivity contribution >= 4 is 0 Å². The summed E-state index contributed by atoms with van der Waals surface area (Å²) in [4.78, 5) is 21.2. The van der Waals surface area contributed by atoms with E-state index < -0.39 is 0 Å². The predicted octanol–water partition coefficient (Wildman–Crippen LogP) is 4.68. The van der Waals surface area contributed by atoms with Crippen LogP contribution in [0.4, 0.5) is 0 Å². The minimum atomic E-state index is -0.114. The number of pyridine rings is 4. The molecule has 5 heteroatoms. The van der Waals surface area contributed by atoms with Gasteiger partial charge in [0, 0.05) is 36.9 Å². The van der Waals surface area contributed by atoms with Crippen molar-refractivity contribution in [2.24, 2.45) is 0 Å². The monoisotopic (exact) mass is 395 g/mol. The number of nitrogens with zero attached hydrogens (tertiary/aromatic N) is 5. The highest BCUT2D eigenvalue weighted by Crippen LogP contribution is 2.28. The molecule has 0 radical (unpaired) electrons. The van der Waals surface area contributed by atoms with Gasteiger partial charge in [-0.25, -0.2) is 0 Å². The number of aryl methyl sites for hydroxylation is 2. The molecule has 0 spiro atoms. The van der Waals surface area contributed by atoms with E-state index in [-0.39, 0.29) is 6.04 Å².